The van der Waals surface area contributed by atoms with Crippen molar-refractivity contribution in [2.24, 2.45) is 5.73 Å². The number of carbonyl (C=O) groups is 2. The summed E-state index contributed by atoms with van der Waals surface area (Å²) >= 11 is 0. The SMILES string of the molecule is C[C@H](Oc1ccc(C(N)=O)cc1)C(=O)c1ccc(F)c(F)c1. The number of ether oxygens (including phenoxy) is 1. The van der Waals surface area contributed by atoms with Crippen LogP contribution < -0.4 is 10.5 Å². The zero-order chi connectivity index (χ0) is 16.3. The number of benzene rings is 2. The van der Waals surface area contributed by atoms with Gasteiger partial charge in [0, 0.05) is 11.1 Å². The van der Waals surface area contributed by atoms with Gasteiger partial charge >= 0.3 is 0 Å². The smallest absolute Gasteiger partial charge is 0.248 e. The van der Waals surface area contributed by atoms with Crippen molar-refractivity contribution >= 4 is 11.7 Å². The van der Waals surface area contributed by atoms with E-state index in [1.807, 2.05) is 0 Å². The molecule has 6 heteroatoms. The lowest BCUT2D eigenvalue weighted by atomic mass is 10.1. The Morgan fingerprint density at radius 2 is 1.59 bits per heavy atom. The number of nitrogens with two attached hydrogens (primary N) is 1. The lowest BCUT2D eigenvalue weighted by Gasteiger charge is -2.14. The van der Waals surface area contributed by atoms with Crippen LogP contribution in [0, 0.1) is 11.6 Å². The lowest BCUT2D eigenvalue weighted by Crippen LogP contribution is -2.24. The molecule has 22 heavy (non-hydrogen) atoms. The van der Waals surface area contributed by atoms with Gasteiger partial charge in [0.2, 0.25) is 11.7 Å². The van der Waals surface area contributed by atoms with Crippen molar-refractivity contribution in [2.45, 2.75) is 13.0 Å². The fourth-order valence-corrected chi connectivity index (χ4v) is 1.84. The van der Waals surface area contributed by atoms with Gasteiger partial charge in [-0.15, -0.1) is 0 Å². The second-order valence-corrected chi connectivity index (χ2v) is 4.64. The molecule has 0 saturated carbocycles. The molecule has 0 aliphatic carbocycles. The molecule has 0 radical (unpaired) electrons. The maximum absolute atomic E-state index is 13.1. The molecule has 0 saturated heterocycles. The first-order valence-corrected chi connectivity index (χ1v) is 6.44. The highest BCUT2D eigenvalue weighted by Crippen LogP contribution is 2.17. The highest BCUT2D eigenvalue weighted by Gasteiger charge is 2.18. The molecule has 0 aliphatic heterocycles. The van der Waals surface area contributed by atoms with Crippen LogP contribution in [0.4, 0.5) is 8.78 Å². The van der Waals surface area contributed by atoms with E-state index in [1.54, 1.807) is 0 Å². The van der Waals surface area contributed by atoms with Crippen LogP contribution in [0.15, 0.2) is 42.5 Å². The highest BCUT2D eigenvalue weighted by atomic mass is 19.2. The third-order valence-corrected chi connectivity index (χ3v) is 3.03. The number of Topliss-reactive ketones (excluding diaryl/α,β-unsaturated/α-hetero) is 1. The summed E-state index contributed by atoms with van der Waals surface area (Å²) in [6.07, 6.45) is -0.899. The lowest BCUT2D eigenvalue weighted by molar-refractivity contribution is 0.0817. The fraction of sp³-hybridized carbons (Fsp3) is 0.125. The van der Waals surface area contributed by atoms with Crippen molar-refractivity contribution < 1.29 is 23.1 Å². The molecule has 1 amide bonds. The van der Waals surface area contributed by atoms with Crippen LogP contribution in [0.25, 0.3) is 0 Å². The van der Waals surface area contributed by atoms with Gasteiger partial charge < -0.3 is 10.5 Å². The molecule has 2 aromatic carbocycles. The number of amides is 1. The molecule has 0 aliphatic rings. The van der Waals surface area contributed by atoms with E-state index < -0.39 is 29.4 Å². The first-order valence-electron chi connectivity index (χ1n) is 6.44. The Morgan fingerprint density at radius 3 is 2.14 bits per heavy atom. The first-order chi connectivity index (χ1) is 10.4. The number of hydrogen-bond acceptors (Lipinski definition) is 3. The van der Waals surface area contributed by atoms with E-state index in [9.17, 15) is 18.4 Å². The minimum absolute atomic E-state index is 0.0140. The van der Waals surface area contributed by atoms with E-state index in [2.05, 4.69) is 0 Å². The number of ketones is 1. The fourth-order valence-electron chi connectivity index (χ4n) is 1.84. The third-order valence-electron chi connectivity index (χ3n) is 3.03. The molecule has 114 valence electrons. The van der Waals surface area contributed by atoms with Gasteiger partial charge in [0.15, 0.2) is 17.7 Å². The summed E-state index contributed by atoms with van der Waals surface area (Å²) in [4.78, 5) is 23.0. The monoisotopic (exact) mass is 305 g/mol. The van der Waals surface area contributed by atoms with E-state index in [0.29, 0.717) is 11.3 Å². The van der Waals surface area contributed by atoms with Crippen LogP contribution in [0.1, 0.15) is 27.6 Å². The molecule has 0 fully saturated rings. The van der Waals surface area contributed by atoms with Gasteiger partial charge in [-0.1, -0.05) is 0 Å². The topological polar surface area (TPSA) is 69.4 Å². The van der Waals surface area contributed by atoms with E-state index in [1.165, 1.54) is 37.3 Å². The first kappa shape index (κ1) is 15.6. The van der Waals surface area contributed by atoms with E-state index in [-0.39, 0.29) is 5.56 Å². The van der Waals surface area contributed by atoms with Gasteiger partial charge in [-0.05, 0) is 49.4 Å². The minimum Gasteiger partial charge on any atom is -0.483 e. The number of hydrogen-bond donors (Lipinski definition) is 1. The quantitative estimate of drug-likeness (QED) is 0.863. The minimum atomic E-state index is -1.09. The van der Waals surface area contributed by atoms with Crippen molar-refractivity contribution in [3.05, 3.63) is 65.2 Å². The molecule has 0 heterocycles. The largest absolute Gasteiger partial charge is 0.483 e. The predicted molar refractivity (Wildman–Crippen MR) is 75.7 cm³/mol. The second-order valence-electron chi connectivity index (χ2n) is 4.64. The van der Waals surface area contributed by atoms with Crippen molar-refractivity contribution in [3.63, 3.8) is 0 Å². The summed E-state index contributed by atoms with van der Waals surface area (Å²) in [5, 5.41) is 0. The van der Waals surface area contributed by atoms with Crippen molar-refractivity contribution in [1.29, 1.82) is 0 Å². The summed E-state index contributed by atoms with van der Waals surface area (Å²) in [5.41, 5.74) is 5.44. The molecule has 0 bridgehead atoms. The Balaban J connectivity index is 2.10. The average Bonchev–Trinajstić information content (AvgIpc) is 2.49. The van der Waals surface area contributed by atoms with Gasteiger partial charge in [-0.2, -0.15) is 0 Å². The van der Waals surface area contributed by atoms with Crippen LogP contribution in [0.2, 0.25) is 0 Å². The Hall–Kier alpha value is -2.76. The zero-order valence-corrected chi connectivity index (χ0v) is 11.7. The standard InChI is InChI=1S/C16H13F2NO3/c1-9(15(20)11-4-7-13(17)14(18)8-11)22-12-5-2-10(3-6-12)16(19)21/h2-9H,1H3,(H2,19,21)/t9-/m0/s1. The molecule has 1 atom stereocenters. The molecule has 2 N–H and O–H groups in total. The summed E-state index contributed by atoms with van der Waals surface area (Å²) < 4.78 is 31.4. The third kappa shape index (κ3) is 3.46. The number of carbonyl (C=O) groups excluding carboxylic acids is 2. The van der Waals surface area contributed by atoms with E-state index >= 15 is 0 Å². The van der Waals surface area contributed by atoms with E-state index in [0.717, 1.165) is 12.1 Å². The molecule has 0 unspecified atom stereocenters. The van der Waals surface area contributed by atoms with Crippen molar-refractivity contribution in [1.82, 2.24) is 0 Å². The molecule has 2 rings (SSSR count). The van der Waals surface area contributed by atoms with Crippen LogP contribution in [0.3, 0.4) is 0 Å². The summed E-state index contributed by atoms with van der Waals surface area (Å²) in [6.45, 7) is 1.49. The second kappa shape index (κ2) is 6.34. The maximum atomic E-state index is 13.1. The molecule has 0 aromatic heterocycles. The summed E-state index contributed by atoms with van der Waals surface area (Å²) in [6, 6.07) is 8.82. The average molecular weight is 305 g/mol. The van der Waals surface area contributed by atoms with E-state index in [4.69, 9.17) is 10.5 Å². The van der Waals surface area contributed by atoms with Gasteiger partial charge in [-0.25, -0.2) is 8.78 Å². The maximum Gasteiger partial charge on any atom is 0.248 e. The Labute approximate surface area is 125 Å². The normalized spacial score (nSPS) is 11.8. The number of primary amides is 1. The van der Waals surface area contributed by atoms with Crippen molar-refractivity contribution in [2.75, 3.05) is 0 Å². The highest BCUT2D eigenvalue weighted by molar-refractivity contribution is 5.99. The van der Waals surface area contributed by atoms with Crippen LogP contribution in [0.5, 0.6) is 5.75 Å². The van der Waals surface area contributed by atoms with Gasteiger partial charge in [-0.3, -0.25) is 9.59 Å². The molecule has 4 nitrogen and oxygen atoms in total. The molecule has 2 aromatic rings. The van der Waals surface area contributed by atoms with Gasteiger partial charge in [0.25, 0.3) is 0 Å². The Bertz CT molecular complexity index is 714. The van der Waals surface area contributed by atoms with Crippen LogP contribution in [-0.4, -0.2) is 17.8 Å². The molecular formula is C16H13F2NO3. The molecule has 0 spiro atoms. The van der Waals surface area contributed by atoms with Crippen LogP contribution >= 0.6 is 0 Å². The summed E-state index contributed by atoms with van der Waals surface area (Å²) in [5.74, 6) is -2.82. The Kier molecular flexibility index (Phi) is 4.50. The number of halogens is 2. The Morgan fingerprint density at radius 1 is 1.00 bits per heavy atom. The predicted octanol–water partition coefficient (Wildman–Crippen LogP) is 2.71. The zero-order valence-electron chi connectivity index (χ0n) is 11.7. The van der Waals surface area contributed by atoms with Crippen LogP contribution in [-0.2, 0) is 0 Å². The molecular weight excluding hydrogens is 292 g/mol. The number of rotatable bonds is 5. The van der Waals surface area contributed by atoms with Gasteiger partial charge in [0.05, 0.1) is 0 Å². The summed E-state index contributed by atoms with van der Waals surface area (Å²) in [7, 11) is 0. The van der Waals surface area contributed by atoms with Gasteiger partial charge in [0.1, 0.15) is 5.75 Å². The van der Waals surface area contributed by atoms with Crippen molar-refractivity contribution in [3.8, 4) is 5.75 Å².